The minimum absolute atomic E-state index is 0.107. The maximum Gasteiger partial charge on any atom is 0.142 e. The van der Waals surface area contributed by atoms with Crippen molar-refractivity contribution in [3.63, 3.8) is 0 Å². The largest absolute Gasteiger partial charge is 0.491 e. The van der Waals surface area contributed by atoms with Crippen LogP contribution >= 0.6 is 0 Å². The van der Waals surface area contributed by atoms with Crippen LogP contribution in [0.2, 0.25) is 0 Å². The first-order valence-corrected chi connectivity index (χ1v) is 7.23. The standard InChI is InChI=1S/C16H28N2O/c1-6-7-13(2)12-19-15-11-17-9-8-14(15)10-18-16(3,4)5/h8-9,11,13,18H,6-7,10,12H2,1-5H3. The Hall–Kier alpha value is -1.09. The van der Waals surface area contributed by atoms with Crippen LogP contribution in [0.4, 0.5) is 0 Å². The fourth-order valence-corrected chi connectivity index (χ4v) is 1.85. The first kappa shape index (κ1) is 16.0. The predicted octanol–water partition coefficient (Wildman–Crippen LogP) is 3.78. The summed E-state index contributed by atoms with van der Waals surface area (Å²) < 4.78 is 5.91. The average molecular weight is 264 g/mol. The van der Waals surface area contributed by atoms with Gasteiger partial charge in [-0.25, -0.2) is 0 Å². The Morgan fingerprint density at radius 3 is 2.74 bits per heavy atom. The molecule has 0 amide bonds. The lowest BCUT2D eigenvalue weighted by atomic mass is 10.1. The van der Waals surface area contributed by atoms with Crippen LogP contribution in [0.15, 0.2) is 18.5 Å². The molecule has 1 unspecified atom stereocenters. The topological polar surface area (TPSA) is 34.1 Å². The van der Waals surface area contributed by atoms with E-state index in [0.29, 0.717) is 5.92 Å². The zero-order valence-electron chi connectivity index (χ0n) is 13.0. The Morgan fingerprint density at radius 1 is 1.37 bits per heavy atom. The van der Waals surface area contributed by atoms with Gasteiger partial charge in [-0.2, -0.15) is 0 Å². The third-order valence-corrected chi connectivity index (χ3v) is 2.98. The summed E-state index contributed by atoms with van der Waals surface area (Å²) >= 11 is 0. The van der Waals surface area contributed by atoms with Crippen molar-refractivity contribution in [2.45, 2.75) is 59.5 Å². The van der Waals surface area contributed by atoms with Gasteiger partial charge in [0, 0.05) is 23.8 Å². The molecule has 19 heavy (non-hydrogen) atoms. The molecule has 0 saturated heterocycles. The van der Waals surface area contributed by atoms with Crippen LogP contribution in [-0.2, 0) is 6.54 Å². The Morgan fingerprint density at radius 2 is 2.11 bits per heavy atom. The second kappa shape index (κ2) is 7.49. The molecule has 0 aliphatic heterocycles. The van der Waals surface area contributed by atoms with Crippen LogP contribution in [0, 0.1) is 5.92 Å². The van der Waals surface area contributed by atoms with E-state index in [1.807, 2.05) is 18.5 Å². The quantitative estimate of drug-likeness (QED) is 0.813. The Bertz CT molecular complexity index is 371. The van der Waals surface area contributed by atoms with E-state index in [1.165, 1.54) is 18.4 Å². The second-order valence-corrected chi connectivity index (χ2v) is 6.29. The number of nitrogens with one attached hydrogen (secondary N) is 1. The number of rotatable bonds is 7. The van der Waals surface area contributed by atoms with Crippen LogP contribution in [0.3, 0.4) is 0 Å². The minimum atomic E-state index is 0.107. The first-order valence-electron chi connectivity index (χ1n) is 7.23. The summed E-state index contributed by atoms with van der Waals surface area (Å²) in [4.78, 5) is 4.16. The van der Waals surface area contributed by atoms with E-state index in [0.717, 1.165) is 18.9 Å². The molecule has 0 aromatic carbocycles. The second-order valence-electron chi connectivity index (χ2n) is 6.29. The molecule has 0 fully saturated rings. The Kier molecular flexibility index (Phi) is 6.29. The van der Waals surface area contributed by atoms with Gasteiger partial charge < -0.3 is 10.1 Å². The lowest BCUT2D eigenvalue weighted by molar-refractivity contribution is 0.247. The third kappa shape index (κ3) is 6.58. The fourth-order valence-electron chi connectivity index (χ4n) is 1.85. The molecule has 0 radical (unpaired) electrons. The maximum absolute atomic E-state index is 5.91. The van der Waals surface area contributed by atoms with E-state index >= 15 is 0 Å². The molecule has 1 atom stereocenters. The summed E-state index contributed by atoms with van der Waals surface area (Å²) in [6.45, 7) is 12.5. The highest BCUT2D eigenvalue weighted by atomic mass is 16.5. The van der Waals surface area contributed by atoms with Gasteiger partial charge in [-0.15, -0.1) is 0 Å². The van der Waals surface area contributed by atoms with E-state index < -0.39 is 0 Å². The summed E-state index contributed by atoms with van der Waals surface area (Å²) in [6, 6.07) is 2.03. The SMILES string of the molecule is CCCC(C)COc1cnccc1CNC(C)(C)C. The van der Waals surface area contributed by atoms with Crippen molar-refractivity contribution in [2.75, 3.05) is 6.61 Å². The Labute approximate surface area is 117 Å². The van der Waals surface area contributed by atoms with Gasteiger partial charge in [0.25, 0.3) is 0 Å². The number of hydrogen-bond acceptors (Lipinski definition) is 3. The van der Waals surface area contributed by atoms with Gasteiger partial charge >= 0.3 is 0 Å². The molecule has 1 rings (SSSR count). The van der Waals surface area contributed by atoms with Gasteiger partial charge in [-0.1, -0.05) is 20.3 Å². The van der Waals surface area contributed by atoms with Crippen LogP contribution in [0.1, 0.15) is 53.0 Å². The van der Waals surface area contributed by atoms with Crippen molar-refractivity contribution < 1.29 is 4.74 Å². The van der Waals surface area contributed by atoms with Crippen LogP contribution in [0.5, 0.6) is 5.75 Å². The summed E-state index contributed by atoms with van der Waals surface area (Å²) in [5.41, 5.74) is 1.28. The summed E-state index contributed by atoms with van der Waals surface area (Å²) in [5.74, 6) is 1.50. The lowest BCUT2D eigenvalue weighted by Gasteiger charge is -2.22. The number of aromatic nitrogens is 1. The molecule has 0 spiro atoms. The monoisotopic (exact) mass is 264 g/mol. The van der Waals surface area contributed by atoms with E-state index in [9.17, 15) is 0 Å². The van der Waals surface area contributed by atoms with Crippen molar-refractivity contribution in [2.24, 2.45) is 5.92 Å². The van der Waals surface area contributed by atoms with Crippen molar-refractivity contribution in [1.29, 1.82) is 0 Å². The van der Waals surface area contributed by atoms with Crippen molar-refractivity contribution in [3.05, 3.63) is 24.0 Å². The predicted molar refractivity (Wildman–Crippen MR) is 80.4 cm³/mol. The molecule has 1 aromatic rings. The van der Waals surface area contributed by atoms with E-state index in [-0.39, 0.29) is 5.54 Å². The lowest BCUT2D eigenvalue weighted by Crippen LogP contribution is -2.35. The van der Waals surface area contributed by atoms with Gasteiger partial charge in [0.2, 0.25) is 0 Å². The first-order chi connectivity index (χ1) is 8.92. The van der Waals surface area contributed by atoms with Crippen LogP contribution < -0.4 is 10.1 Å². The number of hydrogen-bond donors (Lipinski definition) is 1. The maximum atomic E-state index is 5.91. The van der Waals surface area contributed by atoms with Crippen molar-refractivity contribution in [3.8, 4) is 5.75 Å². The molecule has 0 saturated carbocycles. The highest BCUT2D eigenvalue weighted by Gasteiger charge is 2.11. The summed E-state index contributed by atoms with van der Waals surface area (Å²) in [5, 5.41) is 3.48. The molecular weight excluding hydrogens is 236 g/mol. The molecule has 3 heteroatoms. The third-order valence-electron chi connectivity index (χ3n) is 2.98. The van der Waals surface area contributed by atoms with Crippen LogP contribution in [-0.4, -0.2) is 17.1 Å². The molecule has 1 N–H and O–H groups in total. The molecular formula is C16H28N2O. The van der Waals surface area contributed by atoms with Gasteiger partial charge in [-0.05, 0) is 39.2 Å². The molecule has 0 aliphatic carbocycles. The smallest absolute Gasteiger partial charge is 0.142 e. The zero-order chi connectivity index (χ0) is 14.3. The van der Waals surface area contributed by atoms with Gasteiger partial charge in [0.1, 0.15) is 5.75 Å². The van der Waals surface area contributed by atoms with Gasteiger partial charge in [-0.3, -0.25) is 4.98 Å². The summed E-state index contributed by atoms with van der Waals surface area (Å²) in [6.07, 6.45) is 6.05. The number of pyridine rings is 1. The number of ether oxygens (including phenoxy) is 1. The molecule has 1 heterocycles. The average Bonchev–Trinajstić information content (AvgIpc) is 2.34. The molecule has 0 bridgehead atoms. The van der Waals surface area contributed by atoms with Crippen molar-refractivity contribution >= 4 is 0 Å². The minimum Gasteiger partial charge on any atom is -0.491 e. The van der Waals surface area contributed by atoms with E-state index in [2.05, 4.69) is 44.9 Å². The van der Waals surface area contributed by atoms with Gasteiger partial charge in [0.05, 0.1) is 12.8 Å². The zero-order valence-corrected chi connectivity index (χ0v) is 13.0. The highest BCUT2D eigenvalue weighted by molar-refractivity contribution is 5.29. The van der Waals surface area contributed by atoms with E-state index in [1.54, 1.807) is 0 Å². The van der Waals surface area contributed by atoms with Gasteiger partial charge in [0.15, 0.2) is 0 Å². The fraction of sp³-hybridized carbons (Fsp3) is 0.688. The normalized spacial score (nSPS) is 13.3. The molecule has 108 valence electrons. The number of nitrogens with zero attached hydrogens (tertiary/aromatic N) is 1. The van der Waals surface area contributed by atoms with Crippen LogP contribution in [0.25, 0.3) is 0 Å². The molecule has 1 aromatic heterocycles. The summed E-state index contributed by atoms with van der Waals surface area (Å²) in [7, 11) is 0. The molecule has 0 aliphatic rings. The molecule has 3 nitrogen and oxygen atoms in total. The highest BCUT2D eigenvalue weighted by Crippen LogP contribution is 2.19. The Balaban J connectivity index is 2.57. The van der Waals surface area contributed by atoms with Crippen molar-refractivity contribution in [1.82, 2.24) is 10.3 Å². The van der Waals surface area contributed by atoms with E-state index in [4.69, 9.17) is 4.74 Å².